The average Bonchev–Trinajstić information content (AvgIpc) is 2.80. The maximum Gasteiger partial charge on any atom is 0.280 e. The molecule has 0 saturated carbocycles. The number of carbonyl (C=O) groups excluding carboxylic acids is 1. The van der Waals surface area contributed by atoms with E-state index in [0.29, 0.717) is 6.42 Å². The van der Waals surface area contributed by atoms with Crippen molar-refractivity contribution in [1.29, 1.82) is 0 Å². The van der Waals surface area contributed by atoms with Crippen LogP contribution in [0.4, 0.5) is 0 Å². The molecule has 2 heterocycles. The van der Waals surface area contributed by atoms with Crippen LogP contribution in [0.2, 0.25) is 0 Å². The van der Waals surface area contributed by atoms with Crippen LogP contribution in [0.25, 0.3) is 0 Å². The number of aromatic nitrogens is 2. The van der Waals surface area contributed by atoms with Crippen LogP contribution in [0.5, 0.6) is 0 Å². The Hall–Kier alpha value is -1.45. The standard InChI is InChI=1S/C14H25N5O3S/c1-6-9(2)15-14(20)13-7-12(17-23(21,22)19(13)5)11-8-18(4)16-10(11)3/h8-9,12-13,17H,6-7H2,1-5H3,(H,15,20)/t9-,12+,13-/m0/s1. The Morgan fingerprint density at radius 2 is 2.17 bits per heavy atom. The van der Waals surface area contributed by atoms with Gasteiger partial charge in [-0.15, -0.1) is 0 Å². The molecule has 130 valence electrons. The molecule has 1 amide bonds. The van der Waals surface area contributed by atoms with Crippen molar-refractivity contribution >= 4 is 16.1 Å². The Balaban J connectivity index is 2.28. The minimum absolute atomic E-state index is 0.00654. The molecule has 0 radical (unpaired) electrons. The smallest absolute Gasteiger partial charge is 0.280 e. The zero-order chi connectivity index (χ0) is 17.4. The number of amides is 1. The summed E-state index contributed by atoms with van der Waals surface area (Å²) in [6.07, 6.45) is 2.94. The molecular weight excluding hydrogens is 318 g/mol. The highest BCUT2D eigenvalue weighted by molar-refractivity contribution is 7.87. The molecular formula is C14H25N5O3S. The highest BCUT2D eigenvalue weighted by Gasteiger charge is 2.41. The lowest BCUT2D eigenvalue weighted by atomic mass is 10.00. The second-order valence-corrected chi connectivity index (χ2v) is 7.87. The van der Waals surface area contributed by atoms with Crippen molar-refractivity contribution in [2.75, 3.05) is 7.05 Å². The quantitative estimate of drug-likeness (QED) is 0.817. The molecule has 2 N–H and O–H groups in total. The van der Waals surface area contributed by atoms with Gasteiger partial charge in [-0.2, -0.15) is 22.5 Å². The van der Waals surface area contributed by atoms with Crippen LogP contribution in [0.1, 0.15) is 44.0 Å². The molecule has 1 aromatic rings. The number of hydrogen-bond acceptors (Lipinski definition) is 4. The van der Waals surface area contributed by atoms with Crippen LogP contribution in [0, 0.1) is 6.92 Å². The summed E-state index contributed by atoms with van der Waals surface area (Å²) in [6, 6.07) is -1.19. The largest absolute Gasteiger partial charge is 0.352 e. The summed E-state index contributed by atoms with van der Waals surface area (Å²) < 4.78 is 30.1. The number of rotatable bonds is 4. The highest BCUT2D eigenvalue weighted by Crippen LogP contribution is 2.29. The molecule has 1 aliphatic rings. The van der Waals surface area contributed by atoms with Crippen LogP contribution in [-0.2, 0) is 22.1 Å². The van der Waals surface area contributed by atoms with Crippen LogP contribution >= 0.6 is 0 Å². The maximum atomic E-state index is 12.5. The van der Waals surface area contributed by atoms with Crippen LogP contribution in [0.3, 0.4) is 0 Å². The number of nitrogens with one attached hydrogen (secondary N) is 2. The van der Waals surface area contributed by atoms with Crippen molar-refractivity contribution in [2.24, 2.45) is 7.05 Å². The van der Waals surface area contributed by atoms with Gasteiger partial charge in [-0.05, 0) is 26.7 Å². The van der Waals surface area contributed by atoms with E-state index in [0.717, 1.165) is 22.0 Å². The molecule has 0 spiro atoms. The first-order valence-electron chi connectivity index (χ1n) is 7.71. The predicted octanol–water partition coefficient (Wildman–Crippen LogP) is 0.223. The minimum atomic E-state index is -3.72. The van der Waals surface area contributed by atoms with E-state index in [1.54, 1.807) is 17.9 Å². The summed E-state index contributed by atoms with van der Waals surface area (Å²) in [4.78, 5) is 12.5. The van der Waals surface area contributed by atoms with Crippen molar-refractivity contribution in [3.63, 3.8) is 0 Å². The van der Waals surface area contributed by atoms with Gasteiger partial charge in [0.1, 0.15) is 6.04 Å². The van der Waals surface area contributed by atoms with Gasteiger partial charge in [0.05, 0.1) is 11.7 Å². The summed E-state index contributed by atoms with van der Waals surface area (Å²) in [5.74, 6) is -0.265. The number of carbonyl (C=O) groups is 1. The van der Waals surface area contributed by atoms with Crippen molar-refractivity contribution in [1.82, 2.24) is 24.1 Å². The van der Waals surface area contributed by atoms with Crippen LogP contribution in [-0.4, -0.2) is 47.5 Å². The normalized spacial score (nSPS) is 26.0. The number of aryl methyl sites for hydroxylation is 2. The van der Waals surface area contributed by atoms with Crippen LogP contribution in [0.15, 0.2) is 6.20 Å². The number of nitrogens with zero attached hydrogens (tertiary/aromatic N) is 3. The van der Waals surface area contributed by atoms with Gasteiger partial charge in [0, 0.05) is 31.9 Å². The fourth-order valence-electron chi connectivity index (χ4n) is 2.71. The van der Waals surface area contributed by atoms with Gasteiger partial charge in [0.25, 0.3) is 10.2 Å². The SMILES string of the molecule is CC[C@H](C)NC(=O)[C@@H]1C[C@H](c2cn(C)nc2C)NS(=O)(=O)N1C. The number of hydrogen-bond donors (Lipinski definition) is 2. The van der Waals surface area contributed by atoms with Gasteiger partial charge in [-0.25, -0.2) is 0 Å². The molecule has 1 saturated heterocycles. The van der Waals surface area contributed by atoms with Gasteiger partial charge in [0.2, 0.25) is 5.91 Å². The predicted molar refractivity (Wildman–Crippen MR) is 86.8 cm³/mol. The lowest BCUT2D eigenvalue weighted by Gasteiger charge is -2.36. The van der Waals surface area contributed by atoms with Crippen molar-refractivity contribution in [2.45, 2.75) is 51.7 Å². The van der Waals surface area contributed by atoms with Crippen molar-refractivity contribution < 1.29 is 13.2 Å². The van der Waals surface area contributed by atoms with Gasteiger partial charge >= 0.3 is 0 Å². The van der Waals surface area contributed by atoms with E-state index in [-0.39, 0.29) is 11.9 Å². The lowest BCUT2D eigenvalue weighted by Crippen LogP contribution is -2.58. The molecule has 0 aliphatic carbocycles. The maximum absolute atomic E-state index is 12.5. The Bertz CT molecular complexity index is 685. The minimum Gasteiger partial charge on any atom is -0.352 e. The van der Waals surface area contributed by atoms with Gasteiger partial charge in [0.15, 0.2) is 0 Å². The summed E-state index contributed by atoms with van der Waals surface area (Å²) in [7, 11) is -0.507. The van der Waals surface area contributed by atoms with E-state index in [1.807, 2.05) is 20.8 Å². The highest BCUT2D eigenvalue weighted by atomic mass is 32.2. The fraction of sp³-hybridized carbons (Fsp3) is 0.714. The molecule has 0 aromatic carbocycles. The molecule has 0 bridgehead atoms. The van der Waals surface area contributed by atoms with E-state index >= 15 is 0 Å². The Morgan fingerprint density at radius 3 is 2.70 bits per heavy atom. The third-order valence-electron chi connectivity index (χ3n) is 4.30. The van der Waals surface area contributed by atoms with E-state index in [4.69, 9.17) is 0 Å². The monoisotopic (exact) mass is 343 g/mol. The van der Waals surface area contributed by atoms with Crippen molar-refractivity contribution in [3.8, 4) is 0 Å². The Kier molecular flexibility index (Phi) is 5.12. The summed E-state index contributed by atoms with van der Waals surface area (Å²) in [5, 5.41) is 7.12. The Morgan fingerprint density at radius 1 is 1.52 bits per heavy atom. The fourth-order valence-corrected chi connectivity index (χ4v) is 3.98. The molecule has 8 nitrogen and oxygen atoms in total. The van der Waals surface area contributed by atoms with Gasteiger partial charge < -0.3 is 5.32 Å². The van der Waals surface area contributed by atoms with Crippen molar-refractivity contribution in [3.05, 3.63) is 17.5 Å². The zero-order valence-corrected chi connectivity index (χ0v) is 15.0. The molecule has 0 unspecified atom stereocenters. The second-order valence-electron chi connectivity index (χ2n) is 6.10. The molecule has 2 rings (SSSR count). The van der Waals surface area contributed by atoms with E-state index in [9.17, 15) is 13.2 Å². The lowest BCUT2D eigenvalue weighted by molar-refractivity contribution is -0.125. The third kappa shape index (κ3) is 3.73. The van der Waals surface area contributed by atoms with Crippen LogP contribution < -0.4 is 10.0 Å². The van der Waals surface area contributed by atoms with E-state index < -0.39 is 22.3 Å². The number of likely N-dealkylation sites (N-methyl/N-ethyl adjacent to an activating group) is 1. The molecule has 3 atom stereocenters. The molecule has 9 heteroatoms. The van der Waals surface area contributed by atoms with Gasteiger partial charge in [-0.1, -0.05) is 6.92 Å². The molecule has 1 fully saturated rings. The van der Waals surface area contributed by atoms with Gasteiger partial charge in [-0.3, -0.25) is 9.48 Å². The third-order valence-corrected chi connectivity index (χ3v) is 5.89. The first-order chi connectivity index (χ1) is 10.7. The molecule has 1 aliphatic heterocycles. The first kappa shape index (κ1) is 17.9. The summed E-state index contributed by atoms with van der Waals surface area (Å²) in [5.41, 5.74) is 1.55. The zero-order valence-electron chi connectivity index (χ0n) is 14.2. The second kappa shape index (κ2) is 6.58. The first-order valence-corrected chi connectivity index (χ1v) is 9.15. The topological polar surface area (TPSA) is 96.3 Å². The molecule has 23 heavy (non-hydrogen) atoms. The van der Waals surface area contributed by atoms with E-state index in [1.165, 1.54) is 7.05 Å². The van der Waals surface area contributed by atoms with E-state index in [2.05, 4.69) is 15.1 Å². The average molecular weight is 343 g/mol. The summed E-state index contributed by atoms with van der Waals surface area (Å²) >= 11 is 0. The molecule has 1 aromatic heterocycles. The Labute approximate surface area is 137 Å². The summed E-state index contributed by atoms with van der Waals surface area (Å²) in [6.45, 7) is 5.70.